The molecule has 23 heavy (non-hydrogen) atoms. The second-order valence-corrected chi connectivity index (χ2v) is 8.44. The number of aliphatic hydroxyl groups excluding tert-OH is 1. The molecule has 3 nitrogen and oxygen atoms in total. The fourth-order valence-electron chi connectivity index (χ4n) is 3.66. The summed E-state index contributed by atoms with van der Waals surface area (Å²) in [6.07, 6.45) is 16.0. The van der Waals surface area contributed by atoms with Crippen LogP contribution < -0.4 is 0 Å². The molecule has 2 rings (SSSR count). The molecule has 1 unspecified atom stereocenters. The summed E-state index contributed by atoms with van der Waals surface area (Å²) in [5.74, 6) is -0.0161. The molecular weight excluding hydrogens is 288 g/mol. The lowest BCUT2D eigenvalue weighted by molar-refractivity contribution is -0.147. The van der Waals surface area contributed by atoms with Crippen molar-refractivity contribution in [2.45, 2.75) is 103 Å². The minimum Gasteiger partial charge on any atom is -0.469 e. The predicted octanol–water partition coefficient (Wildman–Crippen LogP) is 5.00. The van der Waals surface area contributed by atoms with Gasteiger partial charge in [0.05, 0.1) is 18.6 Å². The lowest BCUT2D eigenvalue weighted by atomic mass is 9.96. The van der Waals surface area contributed by atoms with Crippen molar-refractivity contribution in [1.82, 2.24) is 0 Å². The first-order valence-corrected chi connectivity index (χ1v) is 9.76. The van der Waals surface area contributed by atoms with E-state index in [1.807, 2.05) is 0 Å². The summed E-state index contributed by atoms with van der Waals surface area (Å²) in [4.78, 5) is 11.6. The summed E-state index contributed by atoms with van der Waals surface area (Å²) >= 11 is 0. The molecule has 2 aliphatic carbocycles. The summed E-state index contributed by atoms with van der Waals surface area (Å²) in [5.41, 5.74) is 0.549. The fraction of sp³-hybridized carbons (Fsp3) is 0.950. The maximum atomic E-state index is 11.6. The maximum absolute atomic E-state index is 11.6. The summed E-state index contributed by atoms with van der Waals surface area (Å²) < 4.78 is 4.88. The Labute approximate surface area is 142 Å². The van der Waals surface area contributed by atoms with Gasteiger partial charge in [0.2, 0.25) is 0 Å². The normalized spacial score (nSPS) is 21.7. The Morgan fingerprint density at radius 3 is 2.00 bits per heavy atom. The van der Waals surface area contributed by atoms with Crippen molar-refractivity contribution in [3.8, 4) is 0 Å². The van der Waals surface area contributed by atoms with Gasteiger partial charge in [-0.2, -0.15) is 0 Å². The first-order valence-electron chi connectivity index (χ1n) is 9.76. The summed E-state index contributed by atoms with van der Waals surface area (Å²) in [6.45, 7) is 2.40. The third kappa shape index (κ3) is 6.45. The molecule has 0 aromatic rings. The molecule has 0 aliphatic heterocycles. The molecule has 1 atom stereocenters. The zero-order chi connectivity index (χ0) is 16.8. The Morgan fingerprint density at radius 2 is 1.52 bits per heavy atom. The van der Waals surface area contributed by atoms with Gasteiger partial charge in [-0.05, 0) is 56.8 Å². The Kier molecular flexibility index (Phi) is 6.94. The van der Waals surface area contributed by atoms with E-state index in [2.05, 4.69) is 6.92 Å². The highest BCUT2D eigenvalue weighted by molar-refractivity contribution is 5.79. The van der Waals surface area contributed by atoms with Gasteiger partial charge in [0, 0.05) is 0 Å². The van der Waals surface area contributed by atoms with Gasteiger partial charge < -0.3 is 9.84 Å². The van der Waals surface area contributed by atoms with Crippen LogP contribution in [-0.2, 0) is 9.53 Å². The Hall–Kier alpha value is -0.570. The monoisotopic (exact) mass is 324 g/mol. The number of unbranched alkanes of at least 4 members (excludes halogenated alkanes) is 4. The topological polar surface area (TPSA) is 46.5 Å². The van der Waals surface area contributed by atoms with E-state index in [4.69, 9.17) is 4.74 Å². The zero-order valence-electron chi connectivity index (χ0n) is 15.2. The molecule has 0 radical (unpaired) electrons. The minimum absolute atomic E-state index is 0.0161. The van der Waals surface area contributed by atoms with Gasteiger partial charge in [-0.3, -0.25) is 4.79 Å². The number of carbonyl (C=O) groups excluding carboxylic acids is 1. The van der Waals surface area contributed by atoms with E-state index in [1.165, 1.54) is 45.6 Å². The SMILES string of the molecule is COC(=O)C1(CCCCCC(O)CCCCCC2(C)CC2)CC1. The van der Waals surface area contributed by atoms with Crippen molar-refractivity contribution in [1.29, 1.82) is 0 Å². The number of esters is 1. The van der Waals surface area contributed by atoms with Crippen molar-refractivity contribution in [2.24, 2.45) is 10.8 Å². The molecule has 0 bridgehead atoms. The Bertz CT molecular complexity index is 369. The average molecular weight is 325 g/mol. The van der Waals surface area contributed by atoms with E-state index < -0.39 is 0 Å². The average Bonchev–Trinajstić information content (AvgIpc) is 3.44. The third-order valence-electron chi connectivity index (χ3n) is 6.09. The lowest BCUT2D eigenvalue weighted by Crippen LogP contribution is -2.17. The van der Waals surface area contributed by atoms with Crippen LogP contribution >= 0.6 is 0 Å². The predicted molar refractivity (Wildman–Crippen MR) is 93.2 cm³/mol. The molecular formula is C20H36O3. The molecule has 1 N–H and O–H groups in total. The van der Waals surface area contributed by atoms with Gasteiger partial charge in [0.25, 0.3) is 0 Å². The number of aliphatic hydroxyl groups is 1. The van der Waals surface area contributed by atoms with Gasteiger partial charge in [-0.25, -0.2) is 0 Å². The van der Waals surface area contributed by atoms with Crippen LogP contribution in [0.25, 0.3) is 0 Å². The van der Waals surface area contributed by atoms with E-state index in [9.17, 15) is 9.90 Å². The number of hydrogen-bond donors (Lipinski definition) is 1. The molecule has 0 amide bonds. The molecule has 0 aromatic carbocycles. The minimum atomic E-state index is -0.133. The van der Waals surface area contributed by atoms with E-state index in [-0.39, 0.29) is 17.5 Å². The van der Waals surface area contributed by atoms with Crippen LogP contribution in [0.2, 0.25) is 0 Å². The first kappa shape index (κ1) is 18.8. The van der Waals surface area contributed by atoms with Crippen molar-refractivity contribution < 1.29 is 14.6 Å². The van der Waals surface area contributed by atoms with Crippen molar-refractivity contribution in [2.75, 3.05) is 7.11 Å². The number of rotatable bonds is 13. The van der Waals surface area contributed by atoms with Crippen molar-refractivity contribution in [3.63, 3.8) is 0 Å². The Morgan fingerprint density at radius 1 is 0.957 bits per heavy atom. The van der Waals surface area contributed by atoms with Crippen molar-refractivity contribution in [3.05, 3.63) is 0 Å². The van der Waals surface area contributed by atoms with Crippen LogP contribution in [0.3, 0.4) is 0 Å². The molecule has 0 aromatic heterocycles. The van der Waals surface area contributed by atoms with E-state index >= 15 is 0 Å². The van der Waals surface area contributed by atoms with Crippen LogP contribution in [0.1, 0.15) is 96.8 Å². The number of hydrogen-bond acceptors (Lipinski definition) is 3. The van der Waals surface area contributed by atoms with Crippen LogP contribution in [0.4, 0.5) is 0 Å². The van der Waals surface area contributed by atoms with Gasteiger partial charge in [0.1, 0.15) is 0 Å². The second-order valence-electron chi connectivity index (χ2n) is 8.44. The van der Waals surface area contributed by atoms with Gasteiger partial charge in [-0.1, -0.05) is 45.4 Å². The Balaban J connectivity index is 1.39. The molecule has 0 heterocycles. The molecule has 0 saturated heterocycles. The number of methoxy groups -OCH3 is 1. The number of ether oxygens (including phenoxy) is 1. The van der Waals surface area contributed by atoms with Crippen LogP contribution in [-0.4, -0.2) is 24.3 Å². The number of carbonyl (C=O) groups is 1. The van der Waals surface area contributed by atoms with E-state index in [0.717, 1.165) is 51.4 Å². The molecule has 3 heteroatoms. The standard InChI is InChI=1S/C20H36O3/c1-19(13-14-19)11-7-3-5-9-17(21)10-6-4-8-12-20(15-16-20)18(22)23-2/h17,21H,3-16H2,1-2H3. The highest BCUT2D eigenvalue weighted by Crippen LogP contribution is 2.51. The van der Waals surface area contributed by atoms with Crippen molar-refractivity contribution >= 4 is 5.97 Å². The highest BCUT2D eigenvalue weighted by Gasteiger charge is 2.50. The van der Waals surface area contributed by atoms with Crippen LogP contribution in [0, 0.1) is 10.8 Å². The summed E-state index contributed by atoms with van der Waals surface area (Å²) in [6, 6.07) is 0. The summed E-state index contributed by atoms with van der Waals surface area (Å²) in [7, 11) is 1.49. The molecule has 2 saturated carbocycles. The molecule has 2 aliphatic rings. The quantitative estimate of drug-likeness (QED) is 0.383. The molecule has 2 fully saturated rings. The lowest BCUT2D eigenvalue weighted by Gasteiger charge is -2.13. The second kappa shape index (κ2) is 8.50. The fourth-order valence-corrected chi connectivity index (χ4v) is 3.66. The van der Waals surface area contributed by atoms with Gasteiger partial charge >= 0.3 is 5.97 Å². The van der Waals surface area contributed by atoms with Gasteiger partial charge in [0.15, 0.2) is 0 Å². The highest BCUT2D eigenvalue weighted by atomic mass is 16.5. The van der Waals surface area contributed by atoms with E-state index in [0.29, 0.717) is 5.41 Å². The largest absolute Gasteiger partial charge is 0.469 e. The van der Waals surface area contributed by atoms with Gasteiger partial charge in [-0.15, -0.1) is 0 Å². The van der Waals surface area contributed by atoms with Crippen LogP contribution in [0.15, 0.2) is 0 Å². The first-order chi connectivity index (χ1) is 11.0. The third-order valence-corrected chi connectivity index (χ3v) is 6.09. The van der Waals surface area contributed by atoms with Crippen LogP contribution in [0.5, 0.6) is 0 Å². The summed E-state index contributed by atoms with van der Waals surface area (Å²) in [5, 5.41) is 10.0. The maximum Gasteiger partial charge on any atom is 0.311 e. The molecule has 0 spiro atoms. The molecule has 134 valence electrons. The smallest absolute Gasteiger partial charge is 0.311 e. The zero-order valence-corrected chi connectivity index (χ0v) is 15.2. The van der Waals surface area contributed by atoms with E-state index in [1.54, 1.807) is 0 Å².